The number of hydrogen-bond acceptors (Lipinski definition) is 3. The minimum atomic E-state index is 0.735. The van der Waals surface area contributed by atoms with Crippen molar-refractivity contribution in [3.63, 3.8) is 0 Å². The number of hydrazone groups is 1. The van der Waals surface area contributed by atoms with Crippen LogP contribution in [0.4, 0.5) is 0 Å². The molecule has 1 saturated heterocycles. The molecule has 3 nitrogen and oxygen atoms in total. The highest BCUT2D eigenvalue weighted by Gasteiger charge is 2.50. The Hall–Kier alpha value is -0.570. The van der Waals surface area contributed by atoms with Gasteiger partial charge in [0, 0.05) is 30.4 Å². The van der Waals surface area contributed by atoms with Gasteiger partial charge in [0.25, 0.3) is 0 Å². The van der Waals surface area contributed by atoms with Crippen molar-refractivity contribution in [3.05, 3.63) is 0 Å². The average Bonchev–Trinajstić information content (AvgIpc) is 3.14. The van der Waals surface area contributed by atoms with Crippen LogP contribution in [-0.4, -0.2) is 46.8 Å². The molecule has 30 heavy (non-hydrogen) atoms. The van der Waals surface area contributed by atoms with Gasteiger partial charge in [0.15, 0.2) is 0 Å². The molecule has 0 bridgehead atoms. The number of rotatable bonds is 5. The van der Waals surface area contributed by atoms with E-state index in [4.69, 9.17) is 5.10 Å². The van der Waals surface area contributed by atoms with Crippen LogP contribution >= 0.6 is 0 Å². The molecule has 0 aromatic carbocycles. The van der Waals surface area contributed by atoms with Gasteiger partial charge in [-0.3, -0.25) is 9.91 Å². The normalized spacial score (nSPS) is 39.2. The van der Waals surface area contributed by atoms with Gasteiger partial charge < -0.3 is 0 Å². The Morgan fingerprint density at radius 2 is 1.30 bits per heavy atom. The largest absolute Gasteiger partial charge is 0.297 e. The van der Waals surface area contributed by atoms with Crippen molar-refractivity contribution in [1.29, 1.82) is 0 Å². The lowest BCUT2D eigenvalue weighted by Crippen LogP contribution is -2.42. The Balaban J connectivity index is 1.27. The van der Waals surface area contributed by atoms with E-state index in [1.165, 1.54) is 116 Å². The van der Waals surface area contributed by atoms with Gasteiger partial charge in [-0.25, -0.2) is 0 Å². The molecule has 5 unspecified atom stereocenters. The summed E-state index contributed by atoms with van der Waals surface area (Å²) in [6.07, 6.45) is 26.8. The molecular formula is C27H47N3. The standard InChI is InChI=1S/C27H47N3/c1-2-29-26-16-10-9-15-24(26)25-19-21(17-18-27(25)29)20-28-30(22-11-5-3-6-12-22)23-13-7-4-8-14-23/h20-27H,2-19H2,1H3/b28-20+. The quantitative estimate of drug-likeness (QED) is 0.372. The van der Waals surface area contributed by atoms with Crippen molar-refractivity contribution in [2.24, 2.45) is 22.9 Å². The number of likely N-dealkylation sites (tertiary alicyclic amines) is 1. The van der Waals surface area contributed by atoms with Gasteiger partial charge in [0.2, 0.25) is 0 Å². The highest BCUT2D eigenvalue weighted by atomic mass is 15.5. The molecule has 0 amide bonds. The Morgan fingerprint density at radius 3 is 1.97 bits per heavy atom. The van der Waals surface area contributed by atoms with E-state index in [0.717, 1.165) is 41.9 Å². The third-order valence-corrected chi connectivity index (χ3v) is 9.76. The fraction of sp³-hybridized carbons (Fsp3) is 0.963. The van der Waals surface area contributed by atoms with E-state index in [0.29, 0.717) is 0 Å². The molecule has 5 atom stereocenters. The fourth-order valence-electron chi connectivity index (χ4n) is 8.35. The molecule has 5 aliphatic rings. The summed E-state index contributed by atoms with van der Waals surface area (Å²) in [6.45, 7) is 3.69. The summed E-state index contributed by atoms with van der Waals surface area (Å²) in [5.41, 5.74) is 0. The second-order valence-electron chi connectivity index (χ2n) is 11.4. The molecule has 5 fully saturated rings. The van der Waals surface area contributed by atoms with Crippen LogP contribution in [-0.2, 0) is 0 Å². The molecular weight excluding hydrogens is 366 g/mol. The zero-order valence-corrected chi connectivity index (χ0v) is 19.7. The molecule has 5 rings (SSSR count). The van der Waals surface area contributed by atoms with Crippen LogP contribution in [0.3, 0.4) is 0 Å². The first-order valence-electron chi connectivity index (χ1n) is 13.9. The molecule has 0 N–H and O–H groups in total. The summed E-state index contributed by atoms with van der Waals surface area (Å²) in [5.74, 6) is 2.69. The van der Waals surface area contributed by atoms with E-state index in [9.17, 15) is 0 Å². The zero-order valence-electron chi connectivity index (χ0n) is 19.7. The Labute approximate surface area is 186 Å². The van der Waals surface area contributed by atoms with Gasteiger partial charge in [-0.2, -0.15) is 5.10 Å². The Bertz CT molecular complexity index is 538. The number of nitrogens with zero attached hydrogens (tertiary/aromatic N) is 3. The smallest absolute Gasteiger partial charge is 0.0473 e. The average molecular weight is 414 g/mol. The monoisotopic (exact) mass is 413 g/mol. The topological polar surface area (TPSA) is 18.8 Å². The van der Waals surface area contributed by atoms with Crippen molar-refractivity contribution in [3.8, 4) is 0 Å². The van der Waals surface area contributed by atoms with Crippen LogP contribution in [0, 0.1) is 17.8 Å². The molecule has 0 radical (unpaired) electrons. The molecule has 0 spiro atoms. The first-order chi connectivity index (χ1) is 14.8. The van der Waals surface area contributed by atoms with E-state index in [1.54, 1.807) is 0 Å². The van der Waals surface area contributed by atoms with E-state index in [-0.39, 0.29) is 0 Å². The van der Waals surface area contributed by atoms with Crippen LogP contribution in [0.15, 0.2) is 5.10 Å². The molecule has 170 valence electrons. The zero-order chi connectivity index (χ0) is 20.3. The van der Waals surface area contributed by atoms with Gasteiger partial charge >= 0.3 is 0 Å². The second kappa shape index (κ2) is 9.92. The van der Waals surface area contributed by atoms with Crippen molar-refractivity contribution in [2.45, 2.75) is 140 Å². The predicted molar refractivity (Wildman–Crippen MR) is 127 cm³/mol. The molecule has 1 heterocycles. The van der Waals surface area contributed by atoms with Crippen molar-refractivity contribution < 1.29 is 0 Å². The summed E-state index contributed by atoms with van der Waals surface area (Å²) < 4.78 is 0. The third kappa shape index (κ3) is 4.34. The summed E-state index contributed by atoms with van der Waals surface area (Å²) in [7, 11) is 0. The van der Waals surface area contributed by atoms with Crippen LogP contribution in [0.5, 0.6) is 0 Å². The Morgan fingerprint density at radius 1 is 0.700 bits per heavy atom. The third-order valence-electron chi connectivity index (χ3n) is 9.76. The second-order valence-corrected chi connectivity index (χ2v) is 11.4. The highest BCUT2D eigenvalue weighted by Crippen LogP contribution is 2.50. The summed E-state index contributed by atoms with van der Waals surface area (Å²) >= 11 is 0. The maximum atomic E-state index is 5.35. The van der Waals surface area contributed by atoms with Crippen LogP contribution < -0.4 is 0 Å². The summed E-state index contributed by atoms with van der Waals surface area (Å²) in [6, 6.07) is 3.27. The van der Waals surface area contributed by atoms with Crippen molar-refractivity contribution in [1.82, 2.24) is 9.91 Å². The van der Waals surface area contributed by atoms with E-state index in [2.05, 4.69) is 23.0 Å². The number of hydrogen-bond donors (Lipinski definition) is 0. The van der Waals surface area contributed by atoms with Gasteiger partial charge in [0.05, 0.1) is 0 Å². The predicted octanol–water partition coefficient (Wildman–Crippen LogP) is 6.62. The van der Waals surface area contributed by atoms with Crippen LogP contribution in [0.25, 0.3) is 0 Å². The number of fused-ring (bicyclic) bond motifs is 3. The molecule has 0 aromatic heterocycles. The molecule has 4 saturated carbocycles. The van der Waals surface area contributed by atoms with Crippen LogP contribution in [0.2, 0.25) is 0 Å². The lowest BCUT2D eigenvalue weighted by Gasteiger charge is -2.40. The molecule has 4 aliphatic carbocycles. The van der Waals surface area contributed by atoms with Crippen molar-refractivity contribution in [2.75, 3.05) is 6.54 Å². The first kappa shape index (κ1) is 21.3. The summed E-state index contributed by atoms with van der Waals surface area (Å²) in [4.78, 5) is 2.93. The van der Waals surface area contributed by atoms with Gasteiger partial charge in [-0.05, 0) is 82.1 Å². The Kier molecular flexibility index (Phi) is 7.04. The maximum Gasteiger partial charge on any atom is 0.0473 e. The van der Waals surface area contributed by atoms with Crippen LogP contribution in [0.1, 0.15) is 116 Å². The van der Waals surface area contributed by atoms with E-state index >= 15 is 0 Å². The lowest BCUT2D eigenvalue weighted by atomic mass is 9.70. The lowest BCUT2D eigenvalue weighted by molar-refractivity contribution is 0.0840. The molecule has 1 aliphatic heterocycles. The van der Waals surface area contributed by atoms with Gasteiger partial charge in [0.1, 0.15) is 0 Å². The highest BCUT2D eigenvalue weighted by molar-refractivity contribution is 5.60. The maximum absolute atomic E-state index is 5.35. The first-order valence-corrected chi connectivity index (χ1v) is 13.9. The van der Waals surface area contributed by atoms with E-state index in [1.807, 2.05) is 0 Å². The minimum absolute atomic E-state index is 0.735. The fourth-order valence-corrected chi connectivity index (χ4v) is 8.35. The SMILES string of the molecule is CCN1C2CCCCC2C2CC(/C=N/N(C3CCCCC3)C3CCCCC3)CCC21. The molecule has 3 heteroatoms. The molecule has 0 aromatic rings. The van der Waals surface area contributed by atoms with Gasteiger partial charge in [-0.1, -0.05) is 58.3 Å². The van der Waals surface area contributed by atoms with Crippen molar-refractivity contribution >= 4 is 6.21 Å². The van der Waals surface area contributed by atoms with Gasteiger partial charge in [-0.15, -0.1) is 0 Å². The van der Waals surface area contributed by atoms with E-state index < -0.39 is 0 Å². The summed E-state index contributed by atoms with van der Waals surface area (Å²) in [5, 5.41) is 8.00. The minimum Gasteiger partial charge on any atom is -0.297 e.